The Hall–Kier alpha value is -2.79. The SMILES string of the molecule is Cc1cccc(N2CCN(c3cc(NCc4ccc(Cl)cc4)ncn3)CC2)c1. The highest BCUT2D eigenvalue weighted by Crippen LogP contribution is 2.21. The van der Waals surface area contributed by atoms with Crippen molar-refractivity contribution < 1.29 is 0 Å². The molecule has 1 aliphatic heterocycles. The van der Waals surface area contributed by atoms with E-state index in [-0.39, 0.29) is 0 Å². The van der Waals surface area contributed by atoms with Gasteiger partial charge in [-0.1, -0.05) is 35.9 Å². The zero-order chi connectivity index (χ0) is 19.3. The van der Waals surface area contributed by atoms with Crippen LogP contribution in [0.15, 0.2) is 60.9 Å². The molecule has 0 unspecified atom stereocenters. The molecule has 0 amide bonds. The first kappa shape index (κ1) is 18.6. The summed E-state index contributed by atoms with van der Waals surface area (Å²) in [6, 6.07) is 18.6. The van der Waals surface area contributed by atoms with E-state index in [1.807, 2.05) is 30.3 Å². The van der Waals surface area contributed by atoms with Crippen LogP contribution in [0.3, 0.4) is 0 Å². The number of piperazine rings is 1. The highest BCUT2D eigenvalue weighted by molar-refractivity contribution is 6.30. The van der Waals surface area contributed by atoms with Crippen LogP contribution in [0, 0.1) is 6.92 Å². The summed E-state index contributed by atoms with van der Waals surface area (Å²) in [5.74, 6) is 1.80. The lowest BCUT2D eigenvalue weighted by molar-refractivity contribution is 0.646. The van der Waals surface area contributed by atoms with Crippen LogP contribution < -0.4 is 15.1 Å². The predicted octanol–water partition coefficient (Wildman–Crippen LogP) is 4.38. The zero-order valence-electron chi connectivity index (χ0n) is 16.0. The number of hydrogen-bond acceptors (Lipinski definition) is 5. The third-order valence-corrected chi connectivity index (χ3v) is 5.26. The molecule has 28 heavy (non-hydrogen) atoms. The summed E-state index contributed by atoms with van der Waals surface area (Å²) in [7, 11) is 0. The number of aromatic nitrogens is 2. The van der Waals surface area contributed by atoms with Gasteiger partial charge >= 0.3 is 0 Å². The Balaban J connectivity index is 1.36. The Bertz CT molecular complexity index is 920. The number of benzene rings is 2. The van der Waals surface area contributed by atoms with Crippen molar-refractivity contribution in [3.05, 3.63) is 77.1 Å². The third kappa shape index (κ3) is 4.54. The zero-order valence-corrected chi connectivity index (χ0v) is 16.7. The normalized spacial score (nSPS) is 14.2. The summed E-state index contributed by atoms with van der Waals surface area (Å²) in [6.45, 7) is 6.71. The number of nitrogens with zero attached hydrogens (tertiary/aromatic N) is 4. The second-order valence-corrected chi connectivity index (χ2v) is 7.49. The Morgan fingerprint density at radius 3 is 2.43 bits per heavy atom. The topological polar surface area (TPSA) is 44.3 Å². The molecule has 1 aromatic heterocycles. The van der Waals surface area contributed by atoms with E-state index in [1.54, 1.807) is 6.33 Å². The van der Waals surface area contributed by atoms with Crippen LogP contribution in [-0.4, -0.2) is 36.1 Å². The van der Waals surface area contributed by atoms with Gasteiger partial charge in [0.15, 0.2) is 0 Å². The molecule has 2 heterocycles. The molecule has 1 saturated heterocycles. The number of rotatable bonds is 5. The van der Waals surface area contributed by atoms with E-state index >= 15 is 0 Å². The molecule has 1 aliphatic rings. The van der Waals surface area contributed by atoms with Gasteiger partial charge in [-0.05, 0) is 42.3 Å². The summed E-state index contributed by atoms with van der Waals surface area (Å²) in [5.41, 5.74) is 3.76. The predicted molar refractivity (Wildman–Crippen MR) is 116 cm³/mol. The highest BCUT2D eigenvalue weighted by Gasteiger charge is 2.18. The minimum absolute atomic E-state index is 0.703. The molecular weight excluding hydrogens is 370 g/mol. The van der Waals surface area contributed by atoms with Crippen molar-refractivity contribution in [1.82, 2.24) is 9.97 Å². The van der Waals surface area contributed by atoms with Crippen molar-refractivity contribution in [1.29, 1.82) is 0 Å². The number of halogens is 1. The fourth-order valence-corrected chi connectivity index (χ4v) is 3.56. The lowest BCUT2D eigenvalue weighted by Gasteiger charge is -2.36. The lowest BCUT2D eigenvalue weighted by atomic mass is 10.2. The molecule has 4 rings (SSSR count). The second-order valence-electron chi connectivity index (χ2n) is 7.05. The number of nitrogens with one attached hydrogen (secondary N) is 1. The Morgan fingerprint density at radius 2 is 1.68 bits per heavy atom. The van der Waals surface area contributed by atoms with Crippen LogP contribution in [-0.2, 0) is 6.54 Å². The molecule has 0 bridgehead atoms. The van der Waals surface area contributed by atoms with Crippen LogP contribution in [0.4, 0.5) is 17.3 Å². The highest BCUT2D eigenvalue weighted by atomic mass is 35.5. The average Bonchev–Trinajstić information content (AvgIpc) is 2.74. The van der Waals surface area contributed by atoms with Gasteiger partial charge in [0.25, 0.3) is 0 Å². The van der Waals surface area contributed by atoms with Crippen LogP contribution in [0.25, 0.3) is 0 Å². The minimum Gasteiger partial charge on any atom is -0.368 e. The van der Waals surface area contributed by atoms with Crippen molar-refractivity contribution >= 4 is 28.9 Å². The van der Waals surface area contributed by atoms with Crippen LogP contribution >= 0.6 is 11.6 Å². The molecule has 5 nitrogen and oxygen atoms in total. The summed E-state index contributed by atoms with van der Waals surface area (Å²) in [4.78, 5) is 13.6. The fourth-order valence-electron chi connectivity index (χ4n) is 3.43. The summed E-state index contributed by atoms with van der Waals surface area (Å²) in [6.07, 6.45) is 1.63. The van der Waals surface area contributed by atoms with Gasteiger partial charge in [0.2, 0.25) is 0 Å². The van der Waals surface area contributed by atoms with Crippen molar-refractivity contribution in [2.45, 2.75) is 13.5 Å². The first-order chi connectivity index (χ1) is 13.7. The Labute approximate surface area is 171 Å². The molecular formula is C22H24ClN5. The van der Waals surface area contributed by atoms with E-state index in [0.29, 0.717) is 6.54 Å². The van der Waals surface area contributed by atoms with Gasteiger partial charge in [0, 0.05) is 49.5 Å². The quantitative estimate of drug-likeness (QED) is 0.697. The maximum atomic E-state index is 5.94. The van der Waals surface area contributed by atoms with E-state index in [9.17, 15) is 0 Å². The maximum Gasteiger partial charge on any atom is 0.134 e. The summed E-state index contributed by atoms with van der Waals surface area (Å²) in [5, 5.41) is 4.12. The van der Waals surface area contributed by atoms with Crippen LogP contribution in [0.5, 0.6) is 0 Å². The molecule has 0 spiro atoms. The van der Waals surface area contributed by atoms with E-state index in [2.05, 4.69) is 56.3 Å². The molecule has 6 heteroatoms. The second kappa shape index (κ2) is 8.48. The van der Waals surface area contributed by atoms with Crippen molar-refractivity contribution in [3.8, 4) is 0 Å². The fraction of sp³-hybridized carbons (Fsp3) is 0.273. The Kier molecular flexibility index (Phi) is 5.63. The molecule has 1 fully saturated rings. The smallest absolute Gasteiger partial charge is 0.134 e. The molecule has 1 N–H and O–H groups in total. The largest absolute Gasteiger partial charge is 0.368 e. The van der Waals surface area contributed by atoms with E-state index in [1.165, 1.54) is 11.3 Å². The number of anilines is 3. The van der Waals surface area contributed by atoms with Gasteiger partial charge in [-0.25, -0.2) is 9.97 Å². The van der Waals surface area contributed by atoms with Crippen LogP contribution in [0.1, 0.15) is 11.1 Å². The van der Waals surface area contributed by atoms with E-state index in [4.69, 9.17) is 11.6 Å². The standard InChI is InChI=1S/C22H24ClN5/c1-17-3-2-4-20(13-17)27-9-11-28(12-10-27)22-14-21(25-16-26-22)24-15-18-5-7-19(23)8-6-18/h2-8,13-14,16H,9-12,15H2,1H3,(H,24,25,26). The number of aryl methyl sites for hydroxylation is 1. The van der Waals surface area contributed by atoms with Crippen molar-refractivity contribution in [2.75, 3.05) is 41.3 Å². The van der Waals surface area contributed by atoms with Gasteiger partial charge < -0.3 is 15.1 Å². The van der Waals surface area contributed by atoms with Gasteiger partial charge in [-0.3, -0.25) is 0 Å². The van der Waals surface area contributed by atoms with Gasteiger partial charge in [-0.15, -0.1) is 0 Å². The van der Waals surface area contributed by atoms with Gasteiger partial charge in [-0.2, -0.15) is 0 Å². The first-order valence-electron chi connectivity index (χ1n) is 9.54. The van der Waals surface area contributed by atoms with Crippen molar-refractivity contribution in [2.24, 2.45) is 0 Å². The Morgan fingerprint density at radius 1 is 0.929 bits per heavy atom. The monoisotopic (exact) mass is 393 g/mol. The molecule has 0 aliphatic carbocycles. The van der Waals surface area contributed by atoms with Crippen LogP contribution in [0.2, 0.25) is 5.02 Å². The number of hydrogen-bond donors (Lipinski definition) is 1. The van der Waals surface area contributed by atoms with E-state index < -0.39 is 0 Å². The molecule has 2 aromatic carbocycles. The maximum absolute atomic E-state index is 5.94. The minimum atomic E-state index is 0.703. The molecule has 0 atom stereocenters. The van der Waals surface area contributed by atoms with Gasteiger partial charge in [0.05, 0.1) is 0 Å². The molecule has 0 radical (unpaired) electrons. The van der Waals surface area contributed by atoms with E-state index in [0.717, 1.165) is 48.4 Å². The lowest BCUT2D eigenvalue weighted by Crippen LogP contribution is -2.46. The molecule has 0 saturated carbocycles. The van der Waals surface area contributed by atoms with Crippen molar-refractivity contribution in [3.63, 3.8) is 0 Å². The summed E-state index contributed by atoms with van der Waals surface area (Å²) < 4.78 is 0. The van der Waals surface area contributed by atoms with Gasteiger partial charge in [0.1, 0.15) is 18.0 Å². The molecule has 144 valence electrons. The average molecular weight is 394 g/mol. The third-order valence-electron chi connectivity index (χ3n) is 5.01. The summed E-state index contributed by atoms with van der Waals surface area (Å²) >= 11 is 5.94. The first-order valence-corrected chi connectivity index (χ1v) is 9.92. The molecule has 3 aromatic rings.